The molecule has 0 atom stereocenters. The Balaban J connectivity index is 2.67. The molecule has 0 saturated carbocycles. The molecule has 0 amide bonds. The summed E-state index contributed by atoms with van der Waals surface area (Å²) in [6, 6.07) is 0. The smallest absolute Gasteiger partial charge is 0.181 e. The molecule has 11 heavy (non-hydrogen) atoms. The van der Waals surface area contributed by atoms with Crippen molar-refractivity contribution in [2.75, 3.05) is 13.6 Å². The van der Waals surface area contributed by atoms with Gasteiger partial charge in [0.15, 0.2) is 5.78 Å². The van der Waals surface area contributed by atoms with E-state index in [0.29, 0.717) is 0 Å². The first-order valence-electron chi connectivity index (χ1n) is 4.08. The lowest BCUT2D eigenvalue weighted by Crippen LogP contribution is -2.22. The SMILES string of the molecule is CC(C)C(=O)C1=CCCN1C. The van der Waals surface area contributed by atoms with E-state index in [2.05, 4.69) is 0 Å². The molecular weight excluding hydrogens is 138 g/mol. The Labute approximate surface area is 67.9 Å². The molecule has 0 fully saturated rings. The summed E-state index contributed by atoms with van der Waals surface area (Å²) in [4.78, 5) is 13.5. The van der Waals surface area contributed by atoms with E-state index in [1.807, 2.05) is 31.9 Å². The maximum atomic E-state index is 11.4. The van der Waals surface area contributed by atoms with E-state index in [1.165, 1.54) is 0 Å². The zero-order valence-corrected chi connectivity index (χ0v) is 7.42. The minimum Gasteiger partial charge on any atom is -0.372 e. The zero-order valence-electron chi connectivity index (χ0n) is 7.42. The summed E-state index contributed by atoms with van der Waals surface area (Å²) in [7, 11) is 1.97. The third-order valence-electron chi connectivity index (χ3n) is 1.99. The third-order valence-corrected chi connectivity index (χ3v) is 1.99. The molecule has 0 saturated heterocycles. The number of rotatable bonds is 2. The summed E-state index contributed by atoms with van der Waals surface area (Å²) in [5.41, 5.74) is 0.903. The Morgan fingerprint density at radius 1 is 1.64 bits per heavy atom. The number of hydrogen-bond donors (Lipinski definition) is 0. The molecule has 0 aliphatic carbocycles. The van der Waals surface area contributed by atoms with Gasteiger partial charge < -0.3 is 4.90 Å². The van der Waals surface area contributed by atoms with Crippen LogP contribution in [0.3, 0.4) is 0 Å². The molecule has 0 unspecified atom stereocenters. The molecular formula is C9H15NO. The predicted octanol–water partition coefficient (Wildman–Crippen LogP) is 1.43. The van der Waals surface area contributed by atoms with E-state index in [0.717, 1.165) is 18.7 Å². The van der Waals surface area contributed by atoms with Crippen molar-refractivity contribution in [2.24, 2.45) is 5.92 Å². The van der Waals surface area contributed by atoms with Gasteiger partial charge in [0.1, 0.15) is 0 Å². The number of allylic oxidation sites excluding steroid dienone is 1. The van der Waals surface area contributed by atoms with Crippen molar-refractivity contribution in [3.63, 3.8) is 0 Å². The van der Waals surface area contributed by atoms with E-state index in [1.54, 1.807) is 0 Å². The molecule has 0 aromatic rings. The van der Waals surface area contributed by atoms with E-state index in [4.69, 9.17) is 0 Å². The van der Waals surface area contributed by atoms with Gasteiger partial charge in [0, 0.05) is 19.5 Å². The van der Waals surface area contributed by atoms with E-state index >= 15 is 0 Å². The summed E-state index contributed by atoms with van der Waals surface area (Å²) in [6.45, 7) is 4.87. The van der Waals surface area contributed by atoms with Crippen LogP contribution in [-0.4, -0.2) is 24.3 Å². The highest BCUT2D eigenvalue weighted by Gasteiger charge is 2.19. The second-order valence-electron chi connectivity index (χ2n) is 3.32. The number of Topliss-reactive ketones (excluding diaryl/α,β-unsaturated/α-hetero) is 1. The molecule has 2 heteroatoms. The van der Waals surface area contributed by atoms with Gasteiger partial charge in [-0.05, 0) is 6.42 Å². The molecule has 0 radical (unpaired) electrons. The Bertz CT molecular complexity index is 194. The summed E-state index contributed by atoms with van der Waals surface area (Å²) in [6.07, 6.45) is 3.05. The maximum Gasteiger partial charge on any atom is 0.181 e. The van der Waals surface area contributed by atoms with Crippen LogP contribution in [0.4, 0.5) is 0 Å². The first-order valence-corrected chi connectivity index (χ1v) is 4.08. The van der Waals surface area contributed by atoms with Gasteiger partial charge in [-0.25, -0.2) is 0 Å². The van der Waals surface area contributed by atoms with Gasteiger partial charge in [0.2, 0.25) is 0 Å². The lowest BCUT2D eigenvalue weighted by molar-refractivity contribution is -0.119. The monoisotopic (exact) mass is 153 g/mol. The van der Waals surface area contributed by atoms with Crippen molar-refractivity contribution in [1.82, 2.24) is 4.90 Å². The molecule has 0 aromatic carbocycles. The topological polar surface area (TPSA) is 20.3 Å². The van der Waals surface area contributed by atoms with Gasteiger partial charge in [0.25, 0.3) is 0 Å². The molecule has 0 aromatic heterocycles. The largest absolute Gasteiger partial charge is 0.372 e. The molecule has 2 nitrogen and oxygen atoms in total. The molecule has 1 aliphatic heterocycles. The van der Waals surface area contributed by atoms with Gasteiger partial charge in [-0.2, -0.15) is 0 Å². The Kier molecular flexibility index (Phi) is 2.32. The van der Waals surface area contributed by atoms with Crippen molar-refractivity contribution in [2.45, 2.75) is 20.3 Å². The molecule has 0 N–H and O–H groups in total. The highest BCUT2D eigenvalue weighted by molar-refractivity contribution is 5.96. The predicted molar refractivity (Wildman–Crippen MR) is 45.2 cm³/mol. The fraction of sp³-hybridized carbons (Fsp3) is 0.667. The van der Waals surface area contributed by atoms with Crippen LogP contribution in [0.2, 0.25) is 0 Å². The second kappa shape index (κ2) is 3.07. The average Bonchev–Trinajstić information content (AvgIpc) is 2.33. The van der Waals surface area contributed by atoms with Crippen LogP contribution in [0, 0.1) is 5.92 Å². The summed E-state index contributed by atoms with van der Waals surface area (Å²) in [5, 5.41) is 0. The van der Waals surface area contributed by atoms with E-state index < -0.39 is 0 Å². The number of hydrogen-bond acceptors (Lipinski definition) is 2. The normalized spacial score (nSPS) is 17.5. The zero-order chi connectivity index (χ0) is 8.43. The molecule has 62 valence electrons. The molecule has 0 bridgehead atoms. The fourth-order valence-electron chi connectivity index (χ4n) is 1.26. The Hall–Kier alpha value is -0.790. The Morgan fingerprint density at radius 2 is 2.27 bits per heavy atom. The fourth-order valence-corrected chi connectivity index (χ4v) is 1.26. The van der Waals surface area contributed by atoms with Crippen LogP contribution in [0.1, 0.15) is 20.3 Å². The summed E-state index contributed by atoms with van der Waals surface area (Å²) < 4.78 is 0. The minimum atomic E-state index is 0.127. The number of ketones is 1. The maximum absolute atomic E-state index is 11.4. The van der Waals surface area contributed by atoms with Gasteiger partial charge >= 0.3 is 0 Å². The number of carbonyl (C=O) groups excluding carboxylic acids is 1. The second-order valence-corrected chi connectivity index (χ2v) is 3.32. The lowest BCUT2D eigenvalue weighted by Gasteiger charge is -2.16. The first-order chi connectivity index (χ1) is 5.13. The lowest BCUT2D eigenvalue weighted by atomic mass is 10.1. The minimum absolute atomic E-state index is 0.127. The summed E-state index contributed by atoms with van der Waals surface area (Å²) >= 11 is 0. The first kappa shape index (κ1) is 8.31. The van der Waals surface area contributed by atoms with Gasteiger partial charge in [-0.15, -0.1) is 0 Å². The van der Waals surface area contributed by atoms with E-state index in [-0.39, 0.29) is 11.7 Å². The van der Waals surface area contributed by atoms with Crippen LogP contribution >= 0.6 is 0 Å². The molecule has 1 heterocycles. The third kappa shape index (κ3) is 1.62. The quantitative estimate of drug-likeness (QED) is 0.598. The van der Waals surface area contributed by atoms with Crippen molar-refractivity contribution in [1.29, 1.82) is 0 Å². The molecule has 0 spiro atoms. The van der Waals surface area contributed by atoms with Crippen molar-refractivity contribution < 1.29 is 4.79 Å². The average molecular weight is 153 g/mol. The van der Waals surface area contributed by atoms with Crippen molar-refractivity contribution >= 4 is 5.78 Å². The van der Waals surface area contributed by atoms with Crippen LogP contribution in [0.5, 0.6) is 0 Å². The van der Waals surface area contributed by atoms with Gasteiger partial charge in [-0.1, -0.05) is 19.9 Å². The van der Waals surface area contributed by atoms with Crippen LogP contribution < -0.4 is 0 Å². The number of nitrogens with zero attached hydrogens (tertiary/aromatic N) is 1. The summed E-state index contributed by atoms with van der Waals surface area (Å²) in [5.74, 6) is 0.395. The highest BCUT2D eigenvalue weighted by atomic mass is 16.1. The van der Waals surface area contributed by atoms with Crippen molar-refractivity contribution in [3.8, 4) is 0 Å². The van der Waals surface area contributed by atoms with Crippen molar-refractivity contribution in [3.05, 3.63) is 11.8 Å². The van der Waals surface area contributed by atoms with Gasteiger partial charge in [-0.3, -0.25) is 4.79 Å². The van der Waals surface area contributed by atoms with E-state index in [9.17, 15) is 4.79 Å². The number of carbonyl (C=O) groups is 1. The van der Waals surface area contributed by atoms with Crippen LogP contribution in [0.15, 0.2) is 11.8 Å². The number of likely N-dealkylation sites (N-methyl/N-ethyl adjacent to an activating group) is 1. The molecule has 1 rings (SSSR count). The highest BCUT2D eigenvalue weighted by Crippen LogP contribution is 2.16. The van der Waals surface area contributed by atoms with Crippen LogP contribution in [0.25, 0.3) is 0 Å². The Morgan fingerprint density at radius 3 is 2.64 bits per heavy atom. The van der Waals surface area contributed by atoms with Gasteiger partial charge in [0.05, 0.1) is 5.70 Å². The van der Waals surface area contributed by atoms with Crippen LogP contribution in [-0.2, 0) is 4.79 Å². The molecule has 1 aliphatic rings. The standard InChI is InChI=1S/C9H15NO/c1-7(2)9(11)8-5-4-6-10(8)3/h5,7H,4,6H2,1-3H3.